The molecule has 0 radical (unpaired) electrons. The van der Waals surface area contributed by atoms with Crippen LogP contribution in [0.5, 0.6) is 0 Å². The van der Waals surface area contributed by atoms with Crippen molar-refractivity contribution in [3.05, 3.63) is 0 Å². The van der Waals surface area contributed by atoms with Crippen molar-refractivity contribution in [1.29, 1.82) is 0 Å². The van der Waals surface area contributed by atoms with E-state index in [1.807, 2.05) is 0 Å². The van der Waals surface area contributed by atoms with Gasteiger partial charge in [0.15, 0.2) is 0 Å². The van der Waals surface area contributed by atoms with Crippen LogP contribution in [0.15, 0.2) is 0 Å². The number of aliphatic hydroxyl groups is 1. The molecule has 1 heteroatoms. The van der Waals surface area contributed by atoms with Gasteiger partial charge >= 0.3 is 0 Å². The highest BCUT2D eigenvalue weighted by Gasteiger charge is 2.38. The number of hydrogen-bond donors (Lipinski definition) is 1. The molecular weight excluding hydrogens is 208 g/mol. The van der Waals surface area contributed by atoms with Gasteiger partial charge < -0.3 is 5.11 Å². The minimum atomic E-state index is -0.0671. The third-order valence-corrected chi connectivity index (χ3v) is 4.74. The molecule has 4 atom stereocenters. The van der Waals surface area contributed by atoms with Crippen LogP contribution in [0.25, 0.3) is 0 Å². The fourth-order valence-electron chi connectivity index (χ4n) is 3.91. The molecule has 0 saturated heterocycles. The molecule has 17 heavy (non-hydrogen) atoms. The first kappa shape index (κ1) is 15.0. The molecule has 0 spiro atoms. The molecule has 4 unspecified atom stereocenters. The minimum Gasteiger partial charge on any atom is -0.393 e. The molecule has 0 aromatic heterocycles. The second-order valence-corrected chi connectivity index (χ2v) is 7.18. The van der Waals surface area contributed by atoms with Gasteiger partial charge in [-0.1, -0.05) is 53.9 Å². The Morgan fingerprint density at radius 3 is 2.47 bits per heavy atom. The minimum absolute atomic E-state index is 0.0671. The van der Waals surface area contributed by atoms with E-state index >= 15 is 0 Å². The summed E-state index contributed by atoms with van der Waals surface area (Å²) < 4.78 is 0. The lowest BCUT2D eigenvalue weighted by atomic mass is 9.64. The van der Waals surface area contributed by atoms with Crippen LogP contribution in [0.2, 0.25) is 0 Å². The summed E-state index contributed by atoms with van der Waals surface area (Å²) in [7, 11) is 0. The Bertz CT molecular complexity index is 222. The second kappa shape index (κ2) is 6.22. The number of hydrogen-bond acceptors (Lipinski definition) is 1. The van der Waals surface area contributed by atoms with Crippen LogP contribution >= 0.6 is 0 Å². The predicted octanol–water partition coefficient (Wildman–Crippen LogP) is 4.64. The molecule has 1 aliphatic carbocycles. The van der Waals surface area contributed by atoms with Gasteiger partial charge in [0.05, 0.1) is 6.10 Å². The van der Waals surface area contributed by atoms with Crippen LogP contribution in [0.4, 0.5) is 0 Å². The first-order valence-corrected chi connectivity index (χ1v) is 7.55. The average Bonchev–Trinajstić information content (AvgIpc) is 2.15. The van der Waals surface area contributed by atoms with Crippen molar-refractivity contribution >= 4 is 0 Å². The van der Waals surface area contributed by atoms with Crippen LogP contribution in [-0.4, -0.2) is 11.2 Å². The van der Waals surface area contributed by atoms with Crippen molar-refractivity contribution in [2.75, 3.05) is 0 Å². The average molecular weight is 240 g/mol. The molecular formula is C16H32O. The van der Waals surface area contributed by atoms with E-state index in [1.54, 1.807) is 0 Å². The SMILES string of the molecule is CCCC(C)CC(C)(C)C1CCC(C)CC1O. The lowest BCUT2D eigenvalue weighted by molar-refractivity contribution is -0.0216. The summed E-state index contributed by atoms with van der Waals surface area (Å²) in [4.78, 5) is 0. The Morgan fingerprint density at radius 1 is 1.29 bits per heavy atom. The predicted molar refractivity (Wildman–Crippen MR) is 75.0 cm³/mol. The van der Waals surface area contributed by atoms with Gasteiger partial charge in [-0.25, -0.2) is 0 Å². The highest BCUT2D eigenvalue weighted by atomic mass is 16.3. The molecule has 0 heterocycles. The summed E-state index contributed by atoms with van der Waals surface area (Å²) in [5, 5.41) is 10.3. The Kier molecular flexibility index (Phi) is 5.50. The van der Waals surface area contributed by atoms with E-state index in [2.05, 4.69) is 34.6 Å². The third-order valence-electron chi connectivity index (χ3n) is 4.74. The Morgan fingerprint density at radius 2 is 1.94 bits per heavy atom. The molecule has 1 N–H and O–H groups in total. The van der Waals surface area contributed by atoms with Gasteiger partial charge in [0.25, 0.3) is 0 Å². The lowest BCUT2D eigenvalue weighted by Gasteiger charge is -2.43. The van der Waals surface area contributed by atoms with Crippen LogP contribution < -0.4 is 0 Å². The third kappa shape index (κ3) is 4.28. The zero-order valence-electron chi connectivity index (χ0n) is 12.5. The Hall–Kier alpha value is -0.0400. The van der Waals surface area contributed by atoms with Gasteiger partial charge in [0.2, 0.25) is 0 Å². The summed E-state index contributed by atoms with van der Waals surface area (Å²) in [5.41, 5.74) is 0.300. The van der Waals surface area contributed by atoms with Crippen LogP contribution in [0.1, 0.15) is 73.1 Å². The smallest absolute Gasteiger partial charge is 0.0576 e. The maximum absolute atomic E-state index is 10.3. The van der Waals surface area contributed by atoms with E-state index in [0.717, 1.165) is 12.3 Å². The number of aliphatic hydroxyl groups excluding tert-OH is 1. The van der Waals surface area contributed by atoms with Gasteiger partial charge in [-0.05, 0) is 42.4 Å². The van der Waals surface area contributed by atoms with Gasteiger partial charge in [0.1, 0.15) is 0 Å². The van der Waals surface area contributed by atoms with E-state index in [0.29, 0.717) is 17.3 Å². The topological polar surface area (TPSA) is 20.2 Å². The van der Waals surface area contributed by atoms with Crippen LogP contribution in [0.3, 0.4) is 0 Å². The highest BCUT2D eigenvalue weighted by molar-refractivity contribution is 4.88. The zero-order chi connectivity index (χ0) is 13.1. The van der Waals surface area contributed by atoms with E-state index in [4.69, 9.17) is 0 Å². The van der Waals surface area contributed by atoms with Crippen molar-refractivity contribution < 1.29 is 5.11 Å². The molecule has 0 aromatic rings. The largest absolute Gasteiger partial charge is 0.393 e. The summed E-state index contributed by atoms with van der Waals surface area (Å²) in [6.07, 6.45) is 7.32. The van der Waals surface area contributed by atoms with Gasteiger partial charge in [0, 0.05) is 0 Å². The molecule has 1 rings (SSSR count). The van der Waals surface area contributed by atoms with Crippen molar-refractivity contribution in [1.82, 2.24) is 0 Å². The van der Waals surface area contributed by atoms with Gasteiger partial charge in [-0.3, -0.25) is 0 Å². The second-order valence-electron chi connectivity index (χ2n) is 7.18. The Labute approximate surface area is 108 Å². The first-order valence-electron chi connectivity index (χ1n) is 7.55. The maximum atomic E-state index is 10.3. The van der Waals surface area contributed by atoms with Crippen molar-refractivity contribution in [2.24, 2.45) is 23.2 Å². The van der Waals surface area contributed by atoms with Gasteiger partial charge in [-0.2, -0.15) is 0 Å². The van der Waals surface area contributed by atoms with E-state index in [1.165, 1.54) is 32.1 Å². The fourth-order valence-corrected chi connectivity index (χ4v) is 3.91. The zero-order valence-corrected chi connectivity index (χ0v) is 12.5. The van der Waals surface area contributed by atoms with Crippen molar-refractivity contribution in [2.45, 2.75) is 79.2 Å². The van der Waals surface area contributed by atoms with Crippen LogP contribution in [-0.2, 0) is 0 Å². The van der Waals surface area contributed by atoms with Crippen molar-refractivity contribution in [3.8, 4) is 0 Å². The molecule has 102 valence electrons. The molecule has 1 saturated carbocycles. The molecule has 0 amide bonds. The molecule has 1 aliphatic rings. The molecule has 1 nitrogen and oxygen atoms in total. The number of rotatable bonds is 5. The molecule has 0 aliphatic heterocycles. The molecule has 1 fully saturated rings. The van der Waals surface area contributed by atoms with E-state index in [9.17, 15) is 5.11 Å². The quantitative estimate of drug-likeness (QED) is 0.742. The summed E-state index contributed by atoms with van der Waals surface area (Å²) in [6, 6.07) is 0. The first-order chi connectivity index (χ1) is 7.86. The summed E-state index contributed by atoms with van der Waals surface area (Å²) >= 11 is 0. The standard InChI is InChI=1S/C16H32O/c1-6-7-13(3)11-16(4,5)14-9-8-12(2)10-15(14)17/h12-15,17H,6-11H2,1-5H3. The van der Waals surface area contributed by atoms with Crippen LogP contribution in [0, 0.1) is 23.2 Å². The van der Waals surface area contributed by atoms with Crippen molar-refractivity contribution in [3.63, 3.8) is 0 Å². The summed E-state index contributed by atoms with van der Waals surface area (Å²) in [5.74, 6) is 2.02. The van der Waals surface area contributed by atoms with E-state index < -0.39 is 0 Å². The normalized spacial score (nSPS) is 32.5. The molecule has 0 bridgehead atoms. The molecule has 0 aromatic carbocycles. The highest BCUT2D eigenvalue weighted by Crippen LogP contribution is 2.44. The monoisotopic (exact) mass is 240 g/mol. The maximum Gasteiger partial charge on any atom is 0.0576 e. The Balaban J connectivity index is 2.56. The summed E-state index contributed by atoms with van der Waals surface area (Å²) in [6.45, 7) is 11.6. The fraction of sp³-hybridized carbons (Fsp3) is 1.00. The van der Waals surface area contributed by atoms with Gasteiger partial charge in [-0.15, -0.1) is 0 Å². The van der Waals surface area contributed by atoms with E-state index in [-0.39, 0.29) is 6.10 Å². The lowest BCUT2D eigenvalue weighted by Crippen LogP contribution is -2.39.